The van der Waals surface area contributed by atoms with E-state index in [4.69, 9.17) is 13.8 Å². The Kier molecular flexibility index (Phi) is 9.42. The van der Waals surface area contributed by atoms with Crippen LogP contribution in [0.25, 0.3) is 11.1 Å². The number of halogens is 3. The molecule has 1 amide bonds. The first-order chi connectivity index (χ1) is 21.5. The monoisotopic (exact) mass is 645 g/mol. The highest BCUT2D eigenvalue weighted by Gasteiger charge is 2.36. The smallest absolute Gasteiger partial charge is 0.421 e. The average molecular weight is 646 g/mol. The molecule has 0 aliphatic carbocycles. The molecule has 8 bridgehead atoms. The summed E-state index contributed by atoms with van der Waals surface area (Å²) in [7, 11) is -0.704. The molecule has 0 saturated carbocycles. The molecule has 238 valence electrons. The van der Waals surface area contributed by atoms with Crippen molar-refractivity contribution < 1.29 is 36.3 Å². The summed E-state index contributed by atoms with van der Waals surface area (Å²) in [6, 6.07) is 9.59. The molecule has 1 atom stereocenters. The molecule has 6 heterocycles. The van der Waals surface area contributed by atoms with Crippen LogP contribution in [0, 0.1) is 0 Å². The summed E-state index contributed by atoms with van der Waals surface area (Å²) < 4.78 is 74.2. The Bertz CT molecular complexity index is 1750. The molecule has 0 unspecified atom stereocenters. The van der Waals surface area contributed by atoms with Gasteiger partial charge >= 0.3 is 13.8 Å². The third-order valence-corrected chi connectivity index (χ3v) is 8.82. The molecule has 8 rings (SSSR count). The molecule has 4 aromatic rings. The van der Waals surface area contributed by atoms with E-state index in [0.717, 1.165) is 0 Å². The number of amides is 1. The van der Waals surface area contributed by atoms with E-state index in [-0.39, 0.29) is 36.6 Å². The van der Waals surface area contributed by atoms with Crippen LogP contribution in [-0.2, 0) is 32.5 Å². The maximum atomic E-state index is 14.1. The van der Waals surface area contributed by atoms with Crippen molar-refractivity contribution in [2.45, 2.75) is 32.2 Å². The predicted molar refractivity (Wildman–Crippen MR) is 161 cm³/mol. The number of hydrogen-bond acceptors (Lipinski definition) is 10. The Hall–Kier alpha value is -4.46. The molecule has 45 heavy (non-hydrogen) atoms. The number of aryl methyl sites for hydroxylation is 1. The van der Waals surface area contributed by atoms with Crippen molar-refractivity contribution in [2.75, 3.05) is 38.0 Å². The number of aromatic nitrogens is 4. The van der Waals surface area contributed by atoms with Crippen LogP contribution in [-0.4, -0.2) is 53.0 Å². The van der Waals surface area contributed by atoms with E-state index in [1.165, 1.54) is 20.2 Å². The number of ether oxygens (including phenoxy) is 1. The van der Waals surface area contributed by atoms with Gasteiger partial charge in [-0.15, -0.1) is 0 Å². The van der Waals surface area contributed by atoms with Crippen molar-refractivity contribution in [3.63, 3.8) is 0 Å². The largest absolute Gasteiger partial charge is 0.495 e. The van der Waals surface area contributed by atoms with Gasteiger partial charge in [0.25, 0.3) is 5.91 Å². The third-order valence-electron chi connectivity index (χ3n) is 6.84. The normalized spacial score (nSPS) is 17.0. The van der Waals surface area contributed by atoms with E-state index in [0.29, 0.717) is 47.3 Å². The zero-order chi connectivity index (χ0) is 32.2. The SMILES string of the molecule is CCO[P@@]1(=O)Cc2ccc(c(OC)c2)Nc2ncc(C(F)(F)F)c(n2)Nc2ccc(cc2C(=O)NC)-c2cnn(c2)CCCO1. The summed E-state index contributed by atoms with van der Waals surface area (Å²) in [5, 5.41) is 12.5. The van der Waals surface area contributed by atoms with Crippen LogP contribution in [0.3, 0.4) is 0 Å². The second-order valence-corrected chi connectivity index (χ2v) is 12.0. The first-order valence-corrected chi connectivity index (χ1v) is 15.7. The molecule has 16 heteroatoms. The number of nitrogens with zero attached hydrogens (tertiary/aromatic N) is 4. The molecule has 12 nitrogen and oxygen atoms in total. The summed E-state index contributed by atoms with van der Waals surface area (Å²) in [6.07, 6.45) is -0.327. The molecule has 0 radical (unpaired) electrons. The number of alkyl halides is 3. The lowest BCUT2D eigenvalue weighted by atomic mass is 10.0. The van der Waals surface area contributed by atoms with Gasteiger partial charge in [-0.25, -0.2) is 4.98 Å². The lowest BCUT2D eigenvalue weighted by Gasteiger charge is -2.19. The van der Waals surface area contributed by atoms with E-state index < -0.39 is 31.1 Å². The second-order valence-electron chi connectivity index (χ2n) is 9.94. The lowest BCUT2D eigenvalue weighted by molar-refractivity contribution is -0.137. The molecule has 3 N–H and O–H groups in total. The molecular weight excluding hydrogens is 614 g/mol. The molecule has 0 fully saturated rings. The van der Waals surface area contributed by atoms with Crippen LogP contribution in [0.4, 0.5) is 36.3 Å². The molecule has 4 aliphatic rings. The minimum Gasteiger partial charge on any atom is -0.495 e. The highest BCUT2D eigenvalue weighted by atomic mass is 31.2. The Morgan fingerprint density at radius 2 is 1.93 bits per heavy atom. The molecule has 4 aliphatic heterocycles. The van der Waals surface area contributed by atoms with E-state index in [2.05, 4.69) is 31.0 Å². The molecule has 2 aromatic heterocycles. The fourth-order valence-electron chi connectivity index (χ4n) is 4.70. The lowest BCUT2D eigenvalue weighted by Crippen LogP contribution is -2.20. The first kappa shape index (κ1) is 31.9. The number of methoxy groups -OCH3 is 1. The van der Waals surface area contributed by atoms with E-state index >= 15 is 0 Å². The summed E-state index contributed by atoms with van der Waals surface area (Å²) >= 11 is 0. The van der Waals surface area contributed by atoms with Gasteiger partial charge < -0.3 is 29.7 Å². The highest BCUT2D eigenvalue weighted by molar-refractivity contribution is 7.53. The number of hydrogen-bond donors (Lipinski definition) is 3. The summed E-state index contributed by atoms with van der Waals surface area (Å²) in [4.78, 5) is 20.9. The minimum absolute atomic E-state index is 0.0302. The Balaban J connectivity index is 1.62. The summed E-state index contributed by atoms with van der Waals surface area (Å²) in [5.41, 5.74) is 1.27. The topological polar surface area (TPSA) is 142 Å². The van der Waals surface area contributed by atoms with Gasteiger partial charge in [-0.05, 0) is 48.7 Å². The van der Waals surface area contributed by atoms with Crippen LogP contribution >= 0.6 is 7.60 Å². The van der Waals surface area contributed by atoms with Crippen molar-refractivity contribution >= 4 is 36.6 Å². The zero-order valence-electron chi connectivity index (χ0n) is 24.6. The van der Waals surface area contributed by atoms with E-state index in [9.17, 15) is 22.5 Å². The van der Waals surface area contributed by atoms with Crippen molar-refractivity contribution in [1.29, 1.82) is 0 Å². The van der Waals surface area contributed by atoms with Crippen LogP contribution < -0.4 is 20.7 Å². The van der Waals surface area contributed by atoms with Gasteiger partial charge in [0.1, 0.15) is 17.1 Å². The zero-order valence-corrected chi connectivity index (χ0v) is 25.5. The average Bonchev–Trinajstić information content (AvgIpc) is 3.48. The van der Waals surface area contributed by atoms with Gasteiger partial charge in [0.05, 0.1) is 49.6 Å². The van der Waals surface area contributed by atoms with Crippen molar-refractivity contribution in [3.05, 3.63) is 71.7 Å². The van der Waals surface area contributed by atoms with E-state index in [1.54, 1.807) is 54.3 Å². The van der Waals surface area contributed by atoms with Crippen molar-refractivity contribution in [1.82, 2.24) is 25.1 Å². The van der Waals surface area contributed by atoms with Gasteiger partial charge in [-0.3, -0.25) is 14.0 Å². The third kappa shape index (κ3) is 7.44. The molecule has 0 spiro atoms. The predicted octanol–water partition coefficient (Wildman–Crippen LogP) is 6.36. The number of carbonyl (C=O) groups excluding carboxylic acids is 1. The Morgan fingerprint density at radius 3 is 2.67 bits per heavy atom. The molecular formula is C29H31F3N7O5P. The van der Waals surface area contributed by atoms with Crippen LogP contribution in [0.5, 0.6) is 5.75 Å². The van der Waals surface area contributed by atoms with Gasteiger partial charge in [0, 0.05) is 31.5 Å². The van der Waals surface area contributed by atoms with Crippen LogP contribution in [0.1, 0.15) is 34.8 Å². The fourth-order valence-corrected chi connectivity index (χ4v) is 6.40. The van der Waals surface area contributed by atoms with Crippen molar-refractivity contribution in [2.24, 2.45) is 0 Å². The first-order valence-electron chi connectivity index (χ1n) is 13.9. The summed E-state index contributed by atoms with van der Waals surface area (Å²) in [6.45, 7) is 2.49. The number of nitrogens with one attached hydrogen (secondary N) is 3. The number of benzene rings is 2. The van der Waals surface area contributed by atoms with Crippen LogP contribution in [0.2, 0.25) is 0 Å². The second kappa shape index (κ2) is 13.3. The standard InChI is InChI=1S/C29H31F3N7O5P/c1-4-43-45(41)17-18-6-8-24(25(12-18)42-3)37-28-34-15-22(29(30,31)32)26(38-28)36-23-9-7-19(13-21(23)27(40)33-2)20-14-35-39(16-20)10-5-11-44-45/h6-9,12-16H,4-5,10-11,17H2,1-3H3,(H,33,40)(H2,34,36,37,38)/t45-/m0/s1. The number of anilines is 4. The maximum Gasteiger partial charge on any atom is 0.421 e. The minimum atomic E-state index is -4.80. The molecule has 2 aromatic carbocycles. The van der Waals surface area contributed by atoms with E-state index in [1.807, 2.05) is 0 Å². The van der Waals surface area contributed by atoms with Crippen LogP contribution in [0.15, 0.2) is 55.0 Å². The Morgan fingerprint density at radius 1 is 1.13 bits per heavy atom. The maximum absolute atomic E-state index is 14.1. The van der Waals surface area contributed by atoms with Gasteiger partial charge in [0.15, 0.2) is 0 Å². The fraction of sp³-hybridized carbons (Fsp3) is 0.310. The highest BCUT2D eigenvalue weighted by Crippen LogP contribution is 2.52. The summed E-state index contributed by atoms with van der Waals surface area (Å²) in [5.74, 6) is -0.976. The van der Waals surface area contributed by atoms with Crippen molar-refractivity contribution in [3.8, 4) is 16.9 Å². The quantitative estimate of drug-likeness (QED) is 0.215. The Labute approximate surface area is 256 Å². The van der Waals surface area contributed by atoms with Gasteiger partial charge in [-0.1, -0.05) is 12.1 Å². The number of carbonyl (C=O) groups is 1. The number of rotatable bonds is 4. The van der Waals surface area contributed by atoms with Gasteiger partial charge in [-0.2, -0.15) is 23.3 Å². The van der Waals surface area contributed by atoms with Gasteiger partial charge in [0.2, 0.25) is 5.95 Å². The molecule has 0 saturated heterocycles.